The highest BCUT2D eigenvalue weighted by molar-refractivity contribution is 6.68. The van der Waals surface area contributed by atoms with Gasteiger partial charge in [-0.2, -0.15) is 0 Å². The van der Waals surface area contributed by atoms with E-state index in [9.17, 15) is 24.0 Å². The van der Waals surface area contributed by atoms with Gasteiger partial charge in [0.2, 0.25) is 0 Å². The van der Waals surface area contributed by atoms with Gasteiger partial charge in [-0.15, -0.1) is 0 Å². The minimum atomic E-state index is -0.943. The van der Waals surface area contributed by atoms with Gasteiger partial charge in [0.15, 0.2) is 5.78 Å². The van der Waals surface area contributed by atoms with Gasteiger partial charge in [0.05, 0.1) is 24.3 Å². The molecule has 30 heavy (non-hydrogen) atoms. The van der Waals surface area contributed by atoms with E-state index in [4.69, 9.17) is 32.7 Å². The third-order valence-corrected chi connectivity index (χ3v) is 4.38. The molecule has 9 heteroatoms. The number of ether oxygens (including phenoxy) is 2. The van der Waals surface area contributed by atoms with Crippen LogP contribution in [0.1, 0.15) is 71.2 Å². The summed E-state index contributed by atoms with van der Waals surface area (Å²) in [6, 6.07) is 7.46. The zero-order valence-corrected chi connectivity index (χ0v) is 17.5. The molecule has 7 nitrogen and oxygen atoms in total. The number of benzene rings is 2. The molecule has 0 aliphatic rings. The summed E-state index contributed by atoms with van der Waals surface area (Å²) in [6.07, 6.45) is 0. The molecule has 0 amide bonds. The van der Waals surface area contributed by atoms with Gasteiger partial charge in [0.1, 0.15) is 0 Å². The fourth-order valence-corrected chi connectivity index (χ4v) is 2.95. The average Bonchev–Trinajstić information content (AvgIpc) is 2.72. The van der Waals surface area contributed by atoms with E-state index in [1.807, 2.05) is 0 Å². The Kier molecular flexibility index (Phi) is 7.86. The summed E-state index contributed by atoms with van der Waals surface area (Å²) in [6.45, 7) is 3.40. The summed E-state index contributed by atoms with van der Waals surface area (Å²) in [5, 5.41) is -1.89. The second-order valence-corrected chi connectivity index (χ2v) is 6.52. The molecular weight excluding hydrogens is 435 g/mol. The molecule has 0 bridgehead atoms. The molecule has 0 aliphatic carbocycles. The minimum Gasteiger partial charge on any atom is -0.462 e. The van der Waals surface area contributed by atoms with E-state index >= 15 is 0 Å². The fraction of sp³-hybridized carbons (Fsp3) is 0.190. The lowest BCUT2D eigenvalue weighted by molar-refractivity contribution is 0.0515. The molecule has 0 unspecified atom stereocenters. The van der Waals surface area contributed by atoms with Crippen LogP contribution >= 0.6 is 23.2 Å². The maximum absolute atomic E-state index is 12.9. The Morgan fingerprint density at radius 3 is 1.33 bits per heavy atom. The number of esters is 2. The topological polar surface area (TPSA) is 104 Å². The Balaban J connectivity index is 2.50. The molecule has 0 atom stereocenters. The third kappa shape index (κ3) is 5.11. The van der Waals surface area contributed by atoms with Crippen molar-refractivity contribution in [2.24, 2.45) is 0 Å². The summed E-state index contributed by atoms with van der Waals surface area (Å²) in [4.78, 5) is 60.3. The second-order valence-electron chi connectivity index (χ2n) is 5.84. The quantitative estimate of drug-likeness (QED) is 0.339. The van der Waals surface area contributed by atoms with Crippen molar-refractivity contribution in [1.29, 1.82) is 0 Å². The van der Waals surface area contributed by atoms with E-state index in [2.05, 4.69) is 0 Å². The molecule has 2 aromatic rings. The van der Waals surface area contributed by atoms with E-state index in [0.717, 1.165) is 12.1 Å². The average molecular weight is 451 g/mol. The highest BCUT2D eigenvalue weighted by Crippen LogP contribution is 2.22. The van der Waals surface area contributed by atoms with Gasteiger partial charge < -0.3 is 9.47 Å². The van der Waals surface area contributed by atoms with Crippen LogP contribution in [0.5, 0.6) is 0 Å². The summed E-state index contributed by atoms with van der Waals surface area (Å²) < 4.78 is 9.74. The summed E-state index contributed by atoms with van der Waals surface area (Å²) in [7, 11) is 0. The SMILES string of the molecule is CCOC(=O)c1ccc(C(=O)c2ccc(C(=O)OCC)c(C(=O)Cl)c2)cc1C(=O)Cl. The first-order valence-corrected chi connectivity index (χ1v) is 9.53. The largest absolute Gasteiger partial charge is 0.462 e. The molecule has 0 radical (unpaired) electrons. The molecule has 0 saturated carbocycles. The van der Waals surface area contributed by atoms with Crippen LogP contribution in [0.3, 0.4) is 0 Å². The van der Waals surface area contributed by atoms with Crippen LogP contribution < -0.4 is 0 Å². The molecule has 0 aromatic heterocycles. The predicted octanol–water partition coefficient (Wildman–Crippen LogP) is 4.03. The highest BCUT2D eigenvalue weighted by Gasteiger charge is 2.22. The normalized spacial score (nSPS) is 10.3. The zero-order valence-electron chi connectivity index (χ0n) is 16.0. The van der Waals surface area contributed by atoms with E-state index < -0.39 is 28.2 Å². The number of hydrogen-bond donors (Lipinski definition) is 0. The Bertz CT molecular complexity index is 962. The fourth-order valence-electron chi connectivity index (χ4n) is 2.64. The molecule has 0 fully saturated rings. The van der Waals surface area contributed by atoms with Gasteiger partial charge in [0, 0.05) is 22.3 Å². The van der Waals surface area contributed by atoms with Crippen LogP contribution in [0.4, 0.5) is 0 Å². The Hall–Kier alpha value is -3.03. The summed E-state index contributed by atoms with van der Waals surface area (Å²) in [5.74, 6) is -2.09. The van der Waals surface area contributed by atoms with Crippen molar-refractivity contribution >= 4 is 51.4 Å². The monoisotopic (exact) mass is 450 g/mol. The number of rotatable bonds is 8. The molecular formula is C21H16Cl2O7. The molecule has 156 valence electrons. The third-order valence-electron chi connectivity index (χ3n) is 3.98. The van der Waals surface area contributed by atoms with Crippen LogP contribution in [0.15, 0.2) is 36.4 Å². The van der Waals surface area contributed by atoms with Gasteiger partial charge in [-0.1, -0.05) is 12.1 Å². The first kappa shape index (κ1) is 23.3. The summed E-state index contributed by atoms with van der Waals surface area (Å²) in [5.41, 5.74) is -0.492. The molecule has 0 spiro atoms. The van der Waals surface area contributed by atoms with Crippen molar-refractivity contribution in [2.45, 2.75) is 13.8 Å². The number of hydrogen-bond acceptors (Lipinski definition) is 7. The van der Waals surface area contributed by atoms with Crippen molar-refractivity contribution < 1.29 is 33.4 Å². The number of ketones is 1. The van der Waals surface area contributed by atoms with E-state index in [0.29, 0.717) is 0 Å². The van der Waals surface area contributed by atoms with Crippen molar-refractivity contribution in [3.63, 3.8) is 0 Å². The van der Waals surface area contributed by atoms with Crippen LogP contribution in [0, 0.1) is 0 Å². The van der Waals surface area contributed by atoms with Gasteiger partial charge in [0.25, 0.3) is 10.5 Å². The Morgan fingerprint density at radius 1 is 0.667 bits per heavy atom. The predicted molar refractivity (Wildman–Crippen MR) is 109 cm³/mol. The van der Waals surface area contributed by atoms with Gasteiger partial charge >= 0.3 is 11.9 Å². The van der Waals surface area contributed by atoms with Crippen molar-refractivity contribution in [2.75, 3.05) is 13.2 Å². The van der Waals surface area contributed by atoms with Crippen molar-refractivity contribution in [3.8, 4) is 0 Å². The first-order chi connectivity index (χ1) is 14.2. The molecule has 2 aromatic carbocycles. The maximum Gasteiger partial charge on any atom is 0.338 e. The van der Waals surface area contributed by atoms with Crippen LogP contribution in [0.25, 0.3) is 0 Å². The first-order valence-electron chi connectivity index (χ1n) is 8.77. The van der Waals surface area contributed by atoms with E-state index in [1.165, 1.54) is 24.3 Å². The number of carbonyl (C=O) groups excluding carboxylic acids is 5. The Labute approximate surface area is 181 Å². The Morgan fingerprint density at radius 2 is 1.03 bits per heavy atom. The lowest BCUT2D eigenvalue weighted by Gasteiger charge is -2.10. The summed E-state index contributed by atoms with van der Waals surface area (Å²) >= 11 is 11.1. The minimum absolute atomic E-state index is 0.0314. The number of carbonyl (C=O) groups is 5. The van der Waals surface area contributed by atoms with Crippen LogP contribution in [-0.2, 0) is 9.47 Å². The zero-order chi connectivity index (χ0) is 22.4. The molecule has 2 rings (SSSR count). The standard InChI is InChI=1S/C21H16Cl2O7/c1-3-29-20(27)13-7-5-11(9-15(13)18(22)25)17(24)12-6-8-14(21(28)30-4-2)16(10-12)19(23)26/h5-10H,3-4H2,1-2H3. The van der Waals surface area contributed by atoms with Gasteiger partial charge in [-0.05, 0) is 61.3 Å². The molecule has 0 saturated heterocycles. The lowest BCUT2D eigenvalue weighted by atomic mass is 9.96. The van der Waals surface area contributed by atoms with Crippen molar-refractivity contribution in [1.82, 2.24) is 0 Å². The van der Waals surface area contributed by atoms with Crippen LogP contribution in [-0.4, -0.2) is 41.4 Å². The van der Waals surface area contributed by atoms with Gasteiger partial charge in [-0.3, -0.25) is 14.4 Å². The number of halogens is 2. The molecule has 0 N–H and O–H groups in total. The van der Waals surface area contributed by atoms with E-state index in [-0.39, 0.29) is 46.6 Å². The highest BCUT2D eigenvalue weighted by atomic mass is 35.5. The lowest BCUT2D eigenvalue weighted by Crippen LogP contribution is -2.13. The van der Waals surface area contributed by atoms with Crippen molar-refractivity contribution in [3.05, 3.63) is 69.8 Å². The smallest absolute Gasteiger partial charge is 0.338 e. The molecule has 0 heterocycles. The second kappa shape index (κ2) is 10.1. The van der Waals surface area contributed by atoms with Gasteiger partial charge in [-0.25, -0.2) is 9.59 Å². The van der Waals surface area contributed by atoms with Crippen LogP contribution in [0.2, 0.25) is 0 Å². The van der Waals surface area contributed by atoms with E-state index in [1.54, 1.807) is 13.8 Å². The molecule has 0 aliphatic heterocycles. The maximum atomic E-state index is 12.9.